The average Bonchev–Trinajstić information content (AvgIpc) is 2.84. The van der Waals surface area contributed by atoms with E-state index in [0.29, 0.717) is 0 Å². The quantitative estimate of drug-likeness (QED) is 0.807. The molecule has 0 radical (unpaired) electrons. The van der Waals surface area contributed by atoms with Gasteiger partial charge in [-0.1, -0.05) is 12.1 Å². The van der Waals surface area contributed by atoms with E-state index in [9.17, 15) is 0 Å². The molecule has 2 rings (SSSR count). The van der Waals surface area contributed by atoms with E-state index in [4.69, 9.17) is 4.74 Å². The van der Waals surface area contributed by atoms with Crippen molar-refractivity contribution in [1.29, 1.82) is 0 Å². The van der Waals surface area contributed by atoms with Crippen molar-refractivity contribution in [1.82, 2.24) is 19.9 Å². The predicted molar refractivity (Wildman–Crippen MR) is 66.0 cm³/mol. The van der Waals surface area contributed by atoms with Gasteiger partial charge in [0.2, 0.25) is 0 Å². The van der Waals surface area contributed by atoms with E-state index in [2.05, 4.69) is 34.4 Å². The molecule has 6 nitrogen and oxygen atoms in total. The number of hydrogen-bond acceptors (Lipinski definition) is 5. The van der Waals surface area contributed by atoms with Crippen LogP contribution in [0.2, 0.25) is 0 Å². The lowest BCUT2D eigenvalue weighted by Crippen LogP contribution is -2.45. The number of likely N-dealkylation sites (N-methyl/N-ethyl adjacent to an activating group) is 1. The molecule has 1 aliphatic rings. The highest BCUT2D eigenvalue weighted by Crippen LogP contribution is 2.08. The lowest BCUT2D eigenvalue weighted by Gasteiger charge is -2.32. The Morgan fingerprint density at radius 1 is 1.47 bits per heavy atom. The number of hydrogen-bond donors (Lipinski definition) is 1. The van der Waals surface area contributed by atoms with E-state index >= 15 is 0 Å². The van der Waals surface area contributed by atoms with Gasteiger partial charge >= 0.3 is 0 Å². The molecule has 0 amide bonds. The standard InChI is InChI=1S/C11H21N5O/c1-3-15-5-6-17-10(9-15)7-12-11-8-13-14-16(11)4-2/h8,10,12H,3-7,9H2,1-2H3. The molecular formula is C11H21N5O. The second-order valence-electron chi connectivity index (χ2n) is 4.20. The van der Waals surface area contributed by atoms with Crippen LogP contribution < -0.4 is 5.32 Å². The Hall–Kier alpha value is -1.14. The second-order valence-corrected chi connectivity index (χ2v) is 4.20. The number of ether oxygens (including phenoxy) is 1. The molecule has 0 saturated carbocycles. The maximum Gasteiger partial charge on any atom is 0.144 e. The fraction of sp³-hybridized carbons (Fsp3) is 0.818. The molecule has 6 heteroatoms. The van der Waals surface area contributed by atoms with Gasteiger partial charge < -0.3 is 10.1 Å². The maximum absolute atomic E-state index is 5.73. The molecule has 0 bridgehead atoms. The number of nitrogens with one attached hydrogen (secondary N) is 1. The molecule has 2 heterocycles. The van der Waals surface area contributed by atoms with Crippen LogP contribution in [0.5, 0.6) is 0 Å². The Morgan fingerprint density at radius 3 is 3.12 bits per heavy atom. The van der Waals surface area contributed by atoms with Crippen LogP contribution in [0.4, 0.5) is 5.82 Å². The van der Waals surface area contributed by atoms with Crippen molar-refractivity contribution in [3.05, 3.63) is 6.20 Å². The highest BCUT2D eigenvalue weighted by molar-refractivity contribution is 5.30. The lowest BCUT2D eigenvalue weighted by molar-refractivity contribution is -0.0192. The van der Waals surface area contributed by atoms with Crippen molar-refractivity contribution in [2.45, 2.75) is 26.5 Å². The van der Waals surface area contributed by atoms with E-state index in [1.807, 2.05) is 4.68 Å². The van der Waals surface area contributed by atoms with Crippen molar-refractivity contribution in [3.8, 4) is 0 Å². The summed E-state index contributed by atoms with van der Waals surface area (Å²) in [6.07, 6.45) is 2.01. The fourth-order valence-corrected chi connectivity index (χ4v) is 2.04. The van der Waals surface area contributed by atoms with Gasteiger partial charge in [0.05, 0.1) is 18.9 Å². The fourth-order valence-electron chi connectivity index (χ4n) is 2.04. The molecule has 17 heavy (non-hydrogen) atoms. The van der Waals surface area contributed by atoms with Crippen LogP contribution in [-0.2, 0) is 11.3 Å². The van der Waals surface area contributed by atoms with Crippen LogP contribution in [0.3, 0.4) is 0 Å². The molecule has 1 saturated heterocycles. The van der Waals surface area contributed by atoms with Gasteiger partial charge in [-0.3, -0.25) is 4.90 Å². The van der Waals surface area contributed by atoms with Crippen molar-refractivity contribution in [2.24, 2.45) is 0 Å². The summed E-state index contributed by atoms with van der Waals surface area (Å²) >= 11 is 0. The number of morpholine rings is 1. The molecule has 1 fully saturated rings. The summed E-state index contributed by atoms with van der Waals surface area (Å²) in [6, 6.07) is 0. The first-order chi connectivity index (χ1) is 8.33. The first-order valence-electron chi connectivity index (χ1n) is 6.29. The zero-order chi connectivity index (χ0) is 12.1. The summed E-state index contributed by atoms with van der Waals surface area (Å²) < 4.78 is 7.58. The number of rotatable bonds is 5. The zero-order valence-corrected chi connectivity index (χ0v) is 10.6. The molecule has 1 atom stereocenters. The maximum atomic E-state index is 5.73. The van der Waals surface area contributed by atoms with E-state index < -0.39 is 0 Å². The minimum atomic E-state index is 0.254. The van der Waals surface area contributed by atoms with Crippen LogP contribution in [0.25, 0.3) is 0 Å². The Bertz CT molecular complexity index is 340. The molecule has 1 aromatic rings. The van der Waals surface area contributed by atoms with Crippen LogP contribution in [0, 0.1) is 0 Å². The summed E-state index contributed by atoms with van der Waals surface area (Å²) in [7, 11) is 0. The Labute approximate surface area is 102 Å². The Kier molecular flexibility index (Phi) is 4.33. The minimum absolute atomic E-state index is 0.254. The Balaban J connectivity index is 1.81. The van der Waals surface area contributed by atoms with Crippen molar-refractivity contribution in [2.75, 3.05) is 38.1 Å². The minimum Gasteiger partial charge on any atom is -0.374 e. The van der Waals surface area contributed by atoms with E-state index in [0.717, 1.165) is 45.1 Å². The van der Waals surface area contributed by atoms with E-state index in [1.54, 1.807) is 6.20 Å². The lowest BCUT2D eigenvalue weighted by atomic mass is 10.2. The van der Waals surface area contributed by atoms with Gasteiger partial charge in [0.25, 0.3) is 0 Å². The number of nitrogens with zero attached hydrogens (tertiary/aromatic N) is 4. The summed E-state index contributed by atoms with van der Waals surface area (Å²) in [5.74, 6) is 0.963. The van der Waals surface area contributed by atoms with Crippen LogP contribution >= 0.6 is 0 Å². The van der Waals surface area contributed by atoms with Gasteiger partial charge in [-0.2, -0.15) is 0 Å². The van der Waals surface area contributed by atoms with Gasteiger partial charge in [-0.15, -0.1) is 5.10 Å². The summed E-state index contributed by atoms with van der Waals surface area (Å²) in [5.41, 5.74) is 0. The molecule has 1 N–H and O–H groups in total. The first-order valence-corrected chi connectivity index (χ1v) is 6.29. The summed E-state index contributed by atoms with van der Waals surface area (Å²) in [6.45, 7) is 9.83. The van der Waals surface area contributed by atoms with Gasteiger partial charge in [0, 0.05) is 26.2 Å². The van der Waals surface area contributed by atoms with E-state index in [1.165, 1.54) is 0 Å². The Morgan fingerprint density at radius 2 is 2.35 bits per heavy atom. The zero-order valence-electron chi connectivity index (χ0n) is 10.6. The van der Waals surface area contributed by atoms with Crippen molar-refractivity contribution >= 4 is 5.82 Å². The van der Waals surface area contributed by atoms with Gasteiger partial charge in [0.1, 0.15) is 5.82 Å². The third-order valence-corrected chi connectivity index (χ3v) is 3.10. The van der Waals surface area contributed by atoms with E-state index in [-0.39, 0.29) is 6.10 Å². The van der Waals surface area contributed by atoms with Crippen molar-refractivity contribution < 1.29 is 4.74 Å². The summed E-state index contributed by atoms with van der Waals surface area (Å²) in [5, 5.41) is 11.2. The number of aryl methyl sites for hydroxylation is 1. The topological polar surface area (TPSA) is 55.2 Å². The van der Waals surface area contributed by atoms with Crippen molar-refractivity contribution in [3.63, 3.8) is 0 Å². The molecule has 1 aromatic heterocycles. The normalized spacial score (nSPS) is 21.6. The molecule has 1 aliphatic heterocycles. The highest BCUT2D eigenvalue weighted by atomic mass is 16.5. The molecular weight excluding hydrogens is 218 g/mol. The first kappa shape index (κ1) is 12.3. The van der Waals surface area contributed by atoms with Gasteiger partial charge in [0.15, 0.2) is 0 Å². The van der Waals surface area contributed by atoms with Gasteiger partial charge in [-0.25, -0.2) is 4.68 Å². The average molecular weight is 239 g/mol. The third kappa shape index (κ3) is 3.17. The predicted octanol–water partition coefficient (Wildman–Crippen LogP) is 0.431. The highest BCUT2D eigenvalue weighted by Gasteiger charge is 2.19. The third-order valence-electron chi connectivity index (χ3n) is 3.10. The largest absolute Gasteiger partial charge is 0.374 e. The number of anilines is 1. The molecule has 1 unspecified atom stereocenters. The molecule has 96 valence electrons. The van der Waals surface area contributed by atoms with Gasteiger partial charge in [-0.05, 0) is 13.5 Å². The van der Waals surface area contributed by atoms with Crippen LogP contribution in [0.1, 0.15) is 13.8 Å². The SMILES string of the molecule is CCN1CCOC(CNc2cnnn2CC)C1. The second kappa shape index (κ2) is 5.97. The number of aromatic nitrogens is 3. The van der Waals surface area contributed by atoms with Crippen LogP contribution in [-0.4, -0.2) is 58.8 Å². The molecule has 0 aromatic carbocycles. The molecule has 0 spiro atoms. The summed E-state index contributed by atoms with van der Waals surface area (Å²) in [4.78, 5) is 2.41. The monoisotopic (exact) mass is 239 g/mol. The molecule has 0 aliphatic carbocycles. The smallest absolute Gasteiger partial charge is 0.144 e. The van der Waals surface area contributed by atoms with Crippen LogP contribution in [0.15, 0.2) is 6.20 Å².